The van der Waals surface area contributed by atoms with E-state index in [0.29, 0.717) is 12.0 Å². The number of ether oxygens (including phenoxy) is 1. The molecule has 0 aliphatic rings. The van der Waals surface area contributed by atoms with Crippen LogP contribution in [0.15, 0.2) is 42.5 Å². The van der Waals surface area contributed by atoms with Crippen LogP contribution in [0.1, 0.15) is 23.7 Å². The lowest BCUT2D eigenvalue weighted by Gasteiger charge is -2.14. The third-order valence-electron chi connectivity index (χ3n) is 3.69. The Morgan fingerprint density at radius 3 is 2.39 bits per heavy atom. The lowest BCUT2D eigenvalue weighted by molar-refractivity contribution is 0.0911. The van der Waals surface area contributed by atoms with Crippen molar-refractivity contribution >= 4 is 5.91 Å². The SMILES string of the molecule is CCC(CO)NC(=O)c1ccc(-c2ccc(OC)cc2)cc1F. The number of carbonyl (C=O) groups excluding carboxylic acids is 1. The summed E-state index contributed by atoms with van der Waals surface area (Å²) in [6.07, 6.45) is 0.577. The van der Waals surface area contributed by atoms with Gasteiger partial charge >= 0.3 is 0 Å². The minimum Gasteiger partial charge on any atom is -0.497 e. The zero-order valence-electron chi connectivity index (χ0n) is 13.2. The van der Waals surface area contributed by atoms with Crippen molar-refractivity contribution in [3.63, 3.8) is 0 Å². The van der Waals surface area contributed by atoms with Gasteiger partial charge in [-0.2, -0.15) is 0 Å². The van der Waals surface area contributed by atoms with Crippen molar-refractivity contribution in [2.75, 3.05) is 13.7 Å². The Hall–Kier alpha value is -2.40. The van der Waals surface area contributed by atoms with E-state index in [1.54, 1.807) is 25.3 Å². The minimum absolute atomic E-state index is 0.0332. The molecule has 2 rings (SSSR count). The van der Waals surface area contributed by atoms with Gasteiger partial charge in [-0.3, -0.25) is 4.79 Å². The fourth-order valence-electron chi connectivity index (χ4n) is 2.20. The molecule has 5 heteroatoms. The standard InChI is InChI=1S/C18H20FNO3/c1-3-14(11-21)20-18(22)16-9-6-13(10-17(16)19)12-4-7-15(23-2)8-5-12/h4-10,14,21H,3,11H2,1-2H3,(H,20,22). The number of benzene rings is 2. The Labute approximate surface area is 134 Å². The maximum atomic E-state index is 14.2. The monoisotopic (exact) mass is 317 g/mol. The molecule has 2 aromatic rings. The van der Waals surface area contributed by atoms with Crippen molar-refractivity contribution in [1.82, 2.24) is 5.32 Å². The van der Waals surface area contributed by atoms with Gasteiger partial charge in [-0.15, -0.1) is 0 Å². The van der Waals surface area contributed by atoms with Crippen LogP contribution in [0.25, 0.3) is 11.1 Å². The number of rotatable bonds is 6. The van der Waals surface area contributed by atoms with E-state index in [1.807, 2.05) is 19.1 Å². The number of hydrogen-bond acceptors (Lipinski definition) is 3. The van der Waals surface area contributed by atoms with Gasteiger partial charge in [0.2, 0.25) is 0 Å². The first-order chi connectivity index (χ1) is 11.1. The highest BCUT2D eigenvalue weighted by molar-refractivity contribution is 5.95. The summed E-state index contributed by atoms with van der Waals surface area (Å²) in [5.41, 5.74) is 1.48. The number of carbonyl (C=O) groups is 1. The topological polar surface area (TPSA) is 58.6 Å². The van der Waals surface area contributed by atoms with Crippen LogP contribution in [0, 0.1) is 5.82 Å². The summed E-state index contributed by atoms with van der Waals surface area (Å²) in [4.78, 5) is 12.0. The van der Waals surface area contributed by atoms with Crippen LogP contribution in [0.3, 0.4) is 0 Å². The van der Waals surface area contributed by atoms with E-state index in [1.165, 1.54) is 12.1 Å². The smallest absolute Gasteiger partial charge is 0.254 e. The van der Waals surface area contributed by atoms with Gasteiger partial charge in [-0.1, -0.05) is 25.1 Å². The van der Waals surface area contributed by atoms with Gasteiger partial charge in [0.1, 0.15) is 11.6 Å². The largest absolute Gasteiger partial charge is 0.497 e. The Kier molecular flexibility index (Phi) is 5.71. The fourth-order valence-corrected chi connectivity index (χ4v) is 2.20. The lowest BCUT2D eigenvalue weighted by atomic mass is 10.0. The maximum Gasteiger partial charge on any atom is 0.254 e. The molecule has 1 unspecified atom stereocenters. The van der Waals surface area contributed by atoms with Crippen molar-refractivity contribution < 1.29 is 19.0 Å². The van der Waals surface area contributed by atoms with E-state index in [-0.39, 0.29) is 18.2 Å². The molecule has 0 aromatic heterocycles. The van der Waals surface area contributed by atoms with Crippen LogP contribution in [0.4, 0.5) is 4.39 Å². The highest BCUT2D eigenvalue weighted by Gasteiger charge is 2.16. The molecule has 2 aromatic carbocycles. The van der Waals surface area contributed by atoms with Crippen molar-refractivity contribution in [2.45, 2.75) is 19.4 Å². The molecule has 1 atom stereocenters. The van der Waals surface area contributed by atoms with Crippen LogP contribution < -0.4 is 10.1 Å². The molecule has 0 spiro atoms. The highest BCUT2D eigenvalue weighted by Crippen LogP contribution is 2.24. The Bertz CT molecular complexity index is 666. The average Bonchev–Trinajstić information content (AvgIpc) is 2.59. The Balaban J connectivity index is 2.21. The molecule has 4 nitrogen and oxygen atoms in total. The summed E-state index contributed by atoms with van der Waals surface area (Å²) >= 11 is 0. The minimum atomic E-state index is -0.594. The number of aliphatic hydroxyl groups excluding tert-OH is 1. The summed E-state index contributed by atoms with van der Waals surface area (Å²) in [5, 5.41) is 11.7. The molecule has 23 heavy (non-hydrogen) atoms. The third-order valence-corrected chi connectivity index (χ3v) is 3.69. The van der Waals surface area contributed by atoms with Gasteiger partial charge in [0.05, 0.1) is 25.3 Å². The Morgan fingerprint density at radius 1 is 1.22 bits per heavy atom. The van der Waals surface area contributed by atoms with Crippen molar-refractivity contribution in [1.29, 1.82) is 0 Å². The second kappa shape index (κ2) is 7.74. The van der Waals surface area contributed by atoms with Crippen LogP contribution in [-0.2, 0) is 0 Å². The lowest BCUT2D eigenvalue weighted by Crippen LogP contribution is -2.37. The summed E-state index contributed by atoms with van der Waals surface area (Å²) < 4.78 is 19.3. The van der Waals surface area contributed by atoms with Crippen LogP contribution in [0.5, 0.6) is 5.75 Å². The molecule has 0 bridgehead atoms. The van der Waals surface area contributed by atoms with Crippen molar-refractivity contribution in [2.24, 2.45) is 0 Å². The second-order valence-corrected chi connectivity index (χ2v) is 5.18. The molecule has 1 amide bonds. The van der Waals surface area contributed by atoms with Crippen LogP contribution >= 0.6 is 0 Å². The first-order valence-corrected chi connectivity index (χ1v) is 7.44. The van der Waals surface area contributed by atoms with E-state index >= 15 is 0 Å². The van der Waals surface area contributed by atoms with E-state index < -0.39 is 11.7 Å². The fraction of sp³-hybridized carbons (Fsp3) is 0.278. The van der Waals surface area contributed by atoms with Gasteiger partial charge in [-0.05, 0) is 41.8 Å². The first kappa shape index (κ1) is 17.0. The molecule has 0 aliphatic carbocycles. The molecule has 0 fully saturated rings. The summed E-state index contributed by atoms with van der Waals surface area (Å²) in [6.45, 7) is 1.66. The zero-order chi connectivity index (χ0) is 16.8. The molecule has 0 radical (unpaired) electrons. The van der Waals surface area contributed by atoms with Crippen LogP contribution in [-0.4, -0.2) is 30.8 Å². The third kappa shape index (κ3) is 4.07. The Morgan fingerprint density at radius 2 is 1.87 bits per heavy atom. The maximum absolute atomic E-state index is 14.2. The molecule has 0 saturated heterocycles. The number of hydrogen-bond donors (Lipinski definition) is 2. The molecular formula is C18H20FNO3. The van der Waals surface area contributed by atoms with Gasteiger partial charge < -0.3 is 15.2 Å². The first-order valence-electron chi connectivity index (χ1n) is 7.44. The predicted molar refractivity (Wildman–Crippen MR) is 87.0 cm³/mol. The number of halogens is 1. The average molecular weight is 317 g/mol. The summed E-state index contributed by atoms with van der Waals surface area (Å²) in [7, 11) is 1.58. The predicted octanol–water partition coefficient (Wildman–Crippen LogP) is 3.00. The van der Waals surface area contributed by atoms with Crippen LogP contribution in [0.2, 0.25) is 0 Å². The van der Waals surface area contributed by atoms with Crippen molar-refractivity contribution in [3.05, 3.63) is 53.8 Å². The highest BCUT2D eigenvalue weighted by atomic mass is 19.1. The molecule has 2 N–H and O–H groups in total. The second-order valence-electron chi connectivity index (χ2n) is 5.18. The molecular weight excluding hydrogens is 297 g/mol. The molecule has 0 saturated carbocycles. The van der Waals surface area contributed by atoms with E-state index in [0.717, 1.165) is 11.3 Å². The van der Waals surface area contributed by atoms with E-state index in [4.69, 9.17) is 9.84 Å². The number of nitrogens with one attached hydrogen (secondary N) is 1. The van der Waals surface area contributed by atoms with Gasteiger partial charge in [0.15, 0.2) is 0 Å². The number of methoxy groups -OCH3 is 1. The van der Waals surface area contributed by atoms with E-state index in [9.17, 15) is 9.18 Å². The van der Waals surface area contributed by atoms with Gasteiger partial charge in [-0.25, -0.2) is 4.39 Å². The molecule has 0 aliphatic heterocycles. The number of amides is 1. The number of aliphatic hydroxyl groups is 1. The summed E-state index contributed by atoms with van der Waals surface area (Å²) in [6, 6.07) is 11.3. The van der Waals surface area contributed by atoms with Gasteiger partial charge in [0.25, 0.3) is 5.91 Å². The molecule has 122 valence electrons. The molecule has 0 heterocycles. The van der Waals surface area contributed by atoms with E-state index in [2.05, 4.69) is 5.32 Å². The normalized spacial score (nSPS) is 11.8. The van der Waals surface area contributed by atoms with Gasteiger partial charge in [0, 0.05) is 0 Å². The summed E-state index contributed by atoms with van der Waals surface area (Å²) in [5.74, 6) is -0.395. The van der Waals surface area contributed by atoms with Crippen molar-refractivity contribution in [3.8, 4) is 16.9 Å². The quantitative estimate of drug-likeness (QED) is 0.861. The zero-order valence-corrected chi connectivity index (χ0v) is 13.2.